The van der Waals surface area contributed by atoms with Crippen molar-refractivity contribution in [1.82, 2.24) is 0 Å². The molecule has 0 N–H and O–H groups in total. The van der Waals surface area contributed by atoms with Crippen molar-refractivity contribution in [1.29, 1.82) is 0 Å². The Morgan fingerprint density at radius 3 is 2.58 bits per heavy atom. The highest BCUT2D eigenvalue weighted by molar-refractivity contribution is 5.65. The Bertz CT molecular complexity index is 352. The first kappa shape index (κ1) is 15.6. The van der Waals surface area contributed by atoms with E-state index in [-0.39, 0.29) is 18.9 Å². The van der Waals surface area contributed by atoms with Gasteiger partial charge in [-0.05, 0) is 5.56 Å². The summed E-state index contributed by atoms with van der Waals surface area (Å²) in [5.74, 6) is -0.374. The minimum Gasteiger partial charge on any atom is -0.439 e. The lowest BCUT2D eigenvalue weighted by Gasteiger charge is -2.16. The van der Waals surface area contributed by atoms with Gasteiger partial charge in [-0.2, -0.15) is 0 Å². The van der Waals surface area contributed by atoms with Crippen LogP contribution in [0.3, 0.4) is 0 Å². The summed E-state index contributed by atoms with van der Waals surface area (Å²) in [5, 5.41) is 0. The lowest BCUT2D eigenvalue weighted by molar-refractivity contribution is -0.165. The molecule has 19 heavy (non-hydrogen) atoms. The average molecular weight is 268 g/mol. The van der Waals surface area contributed by atoms with Crippen LogP contribution in [0, 0.1) is 0 Å². The molecular weight excluding hydrogens is 248 g/mol. The van der Waals surface area contributed by atoms with E-state index in [1.165, 1.54) is 6.92 Å². The Balaban J connectivity index is 2.23. The van der Waals surface area contributed by atoms with Crippen LogP contribution < -0.4 is 0 Å². The summed E-state index contributed by atoms with van der Waals surface area (Å²) in [5.41, 5.74) is 1.10. The predicted molar refractivity (Wildman–Crippen MR) is 69.5 cm³/mol. The first-order valence-electron chi connectivity index (χ1n) is 6.08. The maximum absolute atomic E-state index is 10.6. The summed E-state index contributed by atoms with van der Waals surface area (Å²) in [6, 6.07) is 9.86. The van der Waals surface area contributed by atoms with Crippen molar-refractivity contribution in [3.63, 3.8) is 0 Å². The number of benzene rings is 1. The standard InChI is InChI=1S/C14H20O5/c1-12(15)18-11-19-14(9-16-2)10-17-8-13-6-4-3-5-7-13/h3-7,14H,8-11H2,1-2H3. The smallest absolute Gasteiger partial charge is 0.304 e. The van der Waals surface area contributed by atoms with Gasteiger partial charge in [-0.15, -0.1) is 0 Å². The average Bonchev–Trinajstić information content (AvgIpc) is 2.39. The van der Waals surface area contributed by atoms with Crippen molar-refractivity contribution in [2.75, 3.05) is 27.1 Å². The zero-order chi connectivity index (χ0) is 13.9. The quantitative estimate of drug-likeness (QED) is 0.504. The first-order chi connectivity index (χ1) is 9.22. The fourth-order valence-electron chi connectivity index (χ4n) is 1.43. The minimum absolute atomic E-state index is 0.0853. The highest BCUT2D eigenvalue weighted by Crippen LogP contribution is 2.02. The molecule has 0 aromatic heterocycles. The number of esters is 1. The zero-order valence-electron chi connectivity index (χ0n) is 11.3. The second-order valence-electron chi connectivity index (χ2n) is 4.00. The molecule has 1 aromatic rings. The molecule has 1 aromatic carbocycles. The molecule has 0 heterocycles. The van der Waals surface area contributed by atoms with Gasteiger partial charge in [0.05, 0.1) is 19.8 Å². The van der Waals surface area contributed by atoms with E-state index in [9.17, 15) is 4.79 Å². The van der Waals surface area contributed by atoms with E-state index >= 15 is 0 Å². The Morgan fingerprint density at radius 2 is 1.95 bits per heavy atom. The Labute approximate surface area is 113 Å². The van der Waals surface area contributed by atoms with Crippen LogP contribution in [-0.4, -0.2) is 39.2 Å². The Hall–Kier alpha value is -1.43. The van der Waals surface area contributed by atoms with Crippen LogP contribution in [0.15, 0.2) is 30.3 Å². The molecule has 1 unspecified atom stereocenters. The van der Waals surface area contributed by atoms with Gasteiger partial charge in [-0.1, -0.05) is 30.3 Å². The number of rotatable bonds is 9. The highest BCUT2D eigenvalue weighted by atomic mass is 16.7. The molecule has 0 radical (unpaired) electrons. The Kier molecular flexibility index (Phi) is 7.81. The predicted octanol–water partition coefficient (Wildman–Crippen LogP) is 1.76. The first-order valence-corrected chi connectivity index (χ1v) is 6.08. The van der Waals surface area contributed by atoms with Gasteiger partial charge in [0.1, 0.15) is 6.10 Å². The topological polar surface area (TPSA) is 54.0 Å². The summed E-state index contributed by atoms with van der Waals surface area (Å²) in [6.07, 6.45) is -0.256. The summed E-state index contributed by atoms with van der Waals surface area (Å²) in [7, 11) is 1.58. The largest absolute Gasteiger partial charge is 0.439 e. The maximum Gasteiger partial charge on any atom is 0.304 e. The van der Waals surface area contributed by atoms with E-state index < -0.39 is 0 Å². The van der Waals surface area contributed by atoms with Crippen molar-refractivity contribution >= 4 is 5.97 Å². The summed E-state index contributed by atoms with van der Waals surface area (Å²) < 4.78 is 20.6. The number of hydrogen-bond donors (Lipinski definition) is 0. The molecule has 0 spiro atoms. The second-order valence-corrected chi connectivity index (χ2v) is 4.00. The molecule has 0 aliphatic rings. The van der Waals surface area contributed by atoms with E-state index in [2.05, 4.69) is 0 Å². The van der Waals surface area contributed by atoms with E-state index in [0.29, 0.717) is 19.8 Å². The molecule has 5 nitrogen and oxygen atoms in total. The summed E-state index contributed by atoms with van der Waals surface area (Å²) in [4.78, 5) is 10.6. The van der Waals surface area contributed by atoms with Crippen molar-refractivity contribution in [3.8, 4) is 0 Å². The fourth-order valence-corrected chi connectivity index (χ4v) is 1.43. The lowest BCUT2D eigenvalue weighted by Crippen LogP contribution is -2.26. The number of methoxy groups -OCH3 is 1. The third-order valence-electron chi connectivity index (χ3n) is 2.33. The van der Waals surface area contributed by atoms with Crippen LogP contribution in [0.25, 0.3) is 0 Å². The molecule has 106 valence electrons. The maximum atomic E-state index is 10.6. The molecular formula is C14H20O5. The summed E-state index contributed by atoms with van der Waals surface area (Å²) >= 11 is 0. The minimum atomic E-state index is -0.374. The Morgan fingerprint density at radius 1 is 1.21 bits per heavy atom. The van der Waals surface area contributed by atoms with Gasteiger partial charge in [0.2, 0.25) is 0 Å². The molecule has 5 heteroatoms. The SMILES string of the molecule is COCC(COCc1ccccc1)OCOC(C)=O. The number of carbonyl (C=O) groups excluding carboxylic acids is 1. The van der Waals surface area contributed by atoms with Gasteiger partial charge in [0, 0.05) is 14.0 Å². The third-order valence-corrected chi connectivity index (χ3v) is 2.33. The zero-order valence-corrected chi connectivity index (χ0v) is 11.3. The van der Waals surface area contributed by atoms with Gasteiger partial charge >= 0.3 is 5.97 Å². The molecule has 0 saturated heterocycles. The molecule has 1 atom stereocenters. The van der Waals surface area contributed by atoms with Gasteiger partial charge < -0.3 is 18.9 Å². The van der Waals surface area contributed by atoms with Crippen molar-refractivity contribution in [2.24, 2.45) is 0 Å². The van der Waals surface area contributed by atoms with Crippen molar-refractivity contribution < 1.29 is 23.7 Å². The van der Waals surface area contributed by atoms with Gasteiger partial charge in [-0.3, -0.25) is 4.79 Å². The molecule has 0 aliphatic heterocycles. The summed E-state index contributed by atoms with van der Waals surface area (Å²) in [6.45, 7) is 2.52. The van der Waals surface area contributed by atoms with Crippen LogP contribution in [0.4, 0.5) is 0 Å². The third kappa shape index (κ3) is 7.56. The van der Waals surface area contributed by atoms with Crippen LogP contribution >= 0.6 is 0 Å². The monoisotopic (exact) mass is 268 g/mol. The molecule has 0 amide bonds. The van der Waals surface area contributed by atoms with E-state index in [1.807, 2.05) is 30.3 Å². The molecule has 0 fully saturated rings. The van der Waals surface area contributed by atoms with Crippen molar-refractivity contribution in [3.05, 3.63) is 35.9 Å². The van der Waals surface area contributed by atoms with E-state index in [0.717, 1.165) is 5.56 Å². The van der Waals surface area contributed by atoms with Gasteiger partial charge in [0.25, 0.3) is 0 Å². The molecule has 0 saturated carbocycles. The normalized spacial score (nSPS) is 12.1. The van der Waals surface area contributed by atoms with E-state index in [4.69, 9.17) is 18.9 Å². The lowest BCUT2D eigenvalue weighted by atomic mass is 10.2. The van der Waals surface area contributed by atoms with E-state index in [1.54, 1.807) is 7.11 Å². The van der Waals surface area contributed by atoms with Gasteiger partial charge in [-0.25, -0.2) is 0 Å². The van der Waals surface area contributed by atoms with Crippen LogP contribution in [0.2, 0.25) is 0 Å². The number of carbonyl (C=O) groups is 1. The fraction of sp³-hybridized carbons (Fsp3) is 0.500. The van der Waals surface area contributed by atoms with Crippen LogP contribution in [0.5, 0.6) is 0 Å². The highest BCUT2D eigenvalue weighted by Gasteiger charge is 2.10. The van der Waals surface area contributed by atoms with Gasteiger partial charge in [0.15, 0.2) is 6.79 Å². The van der Waals surface area contributed by atoms with Crippen molar-refractivity contribution in [2.45, 2.75) is 19.6 Å². The molecule has 0 aliphatic carbocycles. The second kappa shape index (κ2) is 9.49. The number of ether oxygens (including phenoxy) is 4. The molecule has 1 rings (SSSR count). The van der Waals surface area contributed by atoms with Crippen LogP contribution in [0.1, 0.15) is 12.5 Å². The van der Waals surface area contributed by atoms with Crippen LogP contribution in [-0.2, 0) is 30.3 Å². The molecule has 0 bridgehead atoms. The number of hydrogen-bond acceptors (Lipinski definition) is 5.